The van der Waals surface area contributed by atoms with Crippen LogP contribution in [-0.4, -0.2) is 12.1 Å². The molecule has 0 atom stereocenters. The van der Waals surface area contributed by atoms with Crippen molar-refractivity contribution in [1.82, 2.24) is 5.43 Å². The fourth-order valence-electron chi connectivity index (χ4n) is 2.68. The van der Waals surface area contributed by atoms with E-state index in [4.69, 9.17) is 27.9 Å². The third kappa shape index (κ3) is 4.59. The van der Waals surface area contributed by atoms with Gasteiger partial charge in [-0.3, -0.25) is 4.79 Å². The molecule has 0 aliphatic rings. The van der Waals surface area contributed by atoms with Gasteiger partial charge in [0.2, 0.25) is 0 Å². The molecule has 0 aliphatic carbocycles. The molecule has 0 aliphatic heterocycles. The number of nitrogens with one attached hydrogen (secondary N) is 1. The number of para-hydroxylation sites is 1. The van der Waals surface area contributed by atoms with Crippen molar-refractivity contribution in [1.29, 1.82) is 0 Å². The highest BCUT2D eigenvalue weighted by molar-refractivity contribution is 7.21. The van der Waals surface area contributed by atoms with Crippen molar-refractivity contribution < 1.29 is 9.53 Å². The predicted octanol–water partition coefficient (Wildman–Crippen LogP) is 6.76. The first-order chi connectivity index (χ1) is 14.1. The molecule has 4 rings (SSSR count). The molecule has 3 aromatic carbocycles. The molecular weight excluding hydrogens is 427 g/mol. The molecule has 0 radical (unpaired) electrons. The number of benzene rings is 3. The lowest BCUT2D eigenvalue weighted by atomic mass is 10.2. The number of carbonyl (C=O) groups is 1. The van der Waals surface area contributed by atoms with Crippen molar-refractivity contribution in [3.63, 3.8) is 0 Å². The van der Waals surface area contributed by atoms with Gasteiger partial charge in [0.1, 0.15) is 16.4 Å². The average molecular weight is 441 g/mol. The maximum atomic E-state index is 12.5. The summed E-state index contributed by atoms with van der Waals surface area (Å²) < 4.78 is 6.65. The molecule has 1 heterocycles. The second kappa shape index (κ2) is 8.66. The van der Waals surface area contributed by atoms with E-state index < -0.39 is 0 Å². The molecule has 4 aromatic rings. The highest BCUT2D eigenvalue weighted by Crippen LogP contribution is 2.36. The Morgan fingerprint density at radius 2 is 1.76 bits per heavy atom. The molecule has 0 bridgehead atoms. The summed E-state index contributed by atoms with van der Waals surface area (Å²) in [6.45, 7) is 0. The number of amides is 1. The summed E-state index contributed by atoms with van der Waals surface area (Å²) in [7, 11) is 0. The van der Waals surface area contributed by atoms with Gasteiger partial charge in [-0.1, -0.05) is 59.6 Å². The van der Waals surface area contributed by atoms with E-state index in [1.807, 2.05) is 54.6 Å². The fourth-order valence-corrected chi connectivity index (χ4v) is 4.37. The Balaban J connectivity index is 1.46. The highest BCUT2D eigenvalue weighted by atomic mass is 35.5. The van der Waals surface area contributed by atoms with Crippen LogP contribution >= 0.6 is 34.5 Å². The van der Waals surface area contributed by atoms with Crippen molar-refractivity contribution >= 4 is 56.7 Å². The Bertz CT molecular complexity index is 1210. The van der Waals surface area contributed by atoms with Gasteiger partial charge < -0.3 is 4.74 Å². The zero-order valence-corrected chi connectivity index (χ0v) is 17.3. The Morgan fingerprint density at radius 3 is 2.59 bits per heavy atom. The van der Waals surface area contributed by atoms with Crippen LogP contribution in [0.1, 0.15) is 15.2 Å². The summed E-state index contributed by atoms with van der Waals surface area (Å²) in [6, 6.07) is 22.2. The molecule has 1 amide bonds. The lowest BCUT2D eigenvalue weighted by Gasteiger charge is -2.05. The van der Waals surface area contributed by atoms with Gasteiger partial charge in [0.15, 0.2) is 0 Å². The van der Waals surface area contributed by atoms with Gasteiger partial charge in [0.25, 0.3) is 5.91 Å². The summed E-state index contributed by atoms with van der Waals surface area (Å²) in [5, 5.41) is 5.82. The Morgan fingerprint density at radius 1 is 0.966 bits per heavy atom. The average Bonchev–Trinajstić information content (AvgIpc) is 3.05. The second-order valence-electron chi connectivity index (χ2n) is 6.07. The molecule has 1 N–H and O–H groups in total. The van der Waals surface area contributed by atoms with Crippen LogP contribution in [0.2, 0.25) is 10.0 Å². The third-order valence-electron chi connectivity index (χ3n) is 4.01. The Labute approximate surface area is 181 Å². The van der Waals surface area contributed by atoms with E-state index in [-0.39, 0.29) is 5.91 Å². The molecule has 29 heavy (non-hydrogen) atoms. The fraction of sp³-hybridized carbons (Fsp3) is 0. The van der Waals surface area contributed by atoms with Gasteiger partial charge in [-0.05, 0) is 42.0 Å². The minimum Gasteiger partial charge on any atom is -0.457 e. The first-order valence-electron chi connectivity index (χ1n) is 8.64. The first kappa shape index (κ1) is 19.5. The third-order valence-corrected chi connectivity index (χ3v) is 5.91. The number of nitrogens with zero attached hydrogens (tertiary/aromatic N) is 1. The molecule has 0 fully saturated rings. The van der Waals surface area contributed by atoms with Crippen LogP contribution in [0.25, 0.3) is 10.1 Å². The zero-order chi connectivity index (χ0) is 20.2. The molecule has 0 unspecified atom stereocenters. The molecule has 1 aromatic heterocycles. The number of carbonyl (C=O) groups excluding carboxylic acids is 1. The molecule has 4 nitrogen and oxygen atoms in total. The maximum Gasteiger partial charge on any atom is 0.283 e. The van der Waals surface area contributed by atoms with Crippen LogP contribution in [0.3, 0.4) is 0 Å². The second-order valence-corrected chi connectivity index (χ2v) is 7.94. The smallest absolute Gasteiger partial charge is 0.283 e. The van der Waals surface area contributed by atoms with E-state index in [0.29, 0.717) is 20.7 Å². The Kier molecular flexibility index (Phi) is 5.81. The van der Waals surface area contributed by atoms with Gasteiger partial charge in [-0.2, -0.15) is 5.10 Å². The molecule has 0 saturated heterocycles. The number of rotatable bonds is 5. The van der Waals surface area contributed by atoms with Gasteiger partial charge in [0.05, 0.1) is 11.2 Å². The summed E-state index contributed by atoms with van der Waals surface area (Å²) in [4.78, 5) is 12.9. The monoisotopic (exact) mass is 440 g/mol. The number of halogens is 2. The number of ether oxygens (including phenoxy) is 1. The normalized spacial score (nSPS) is 11.1. The number of hydrogen-bond donors (Lipinski definition) is 1. The van der Waals surface area contributed by atoms with E-state index in [1.54, 1.807) is 24.4 Å². The van der Waals surface area contributed by atoms with Crippen molar-refractivity contribution in [3.8, 4) is 11.5 Å². The lowest BCUT2D eigenvalue weighted by molar-refractivity contribution is 0.0959. The number of hydrazone groups is 1. The SMILES string of the molecule is O=C(NN=Cc1cccc(Oc2ccccc2)c1)c1sc2cc(Cl)ccc2c1Cl. The van der Waals surface area contributed by atoms with Crippen molar-refractivity contribution in [2.45, 2.75) is 0 Å². The van der Waals surface area contributed by atoms with Gasteiger partial charge in [-0.15, -0.1) is 11.3 Å². The van der Waals surface area contributed by atoms with Gasteiger partial charge >= 0.3 is 0 Å². The van der Waals surface area contributed by atoms with Gasteiger partial charge in [-0.25, -0.2) is 5.43 Å². The molecule has 0 spiro atoms. The largest absolute Gasteiger partial charge is 0.457 e. The maximum absolute atomic E-state index is 12.5. The predicted molar refractivity (Wildman–Crippen MR) is 120 cm³/mol. The number of hydrogen-bond acceptors (Lipinski definition) is 4. The number of fused-ring (bicyclic) bond motifs is 1. The summed E-state index contributed by atoms with van der Waals surface area (Å²) >= 11 is 13.6. The van der Waals surface area contributed by atoms with Crippen LogP contribution < -0.4 is 10.2 Å². The van der Waals surface area contributed by atoms with Crippen LogP contribution in [0.4, 0.5) is 0 Å². The molecule has 0 saturated carbocycles. The Hall–Kier alpha value is -2.86. The molecular formula is C22H14Cl2N2O2S. The number of thiophene rings is 1. The van der Waals surface area contributed by atoms with Crippen molar-refractivity contribution in [3.05, 3.63) is 93.3 Å². The standard InChI is InChI=1S/C22H14Cl2N2O2S/c23-15-9-10-18-19(12-15)29-21(20(18)24)22(27)26-25-13-14-5-4-8-17(11-14)28-16-6-2-1-3-7-16/h1-13H,(H,26,27). The summed E-state index contributed by atoms with van der Waals surface area (Å²) in [6.07, 6.45) is 1.55. The zero-order valence-electron chi connectivity index (χ0n) is 14.9. The summed E-state index contributed by atoms with van der Waals surface area (Å²) in [5.41, 5.74) is 3.30. The minimum absolute atomic E-state index is 0.375. The molecule has 7 heteroatoms. The first-order valence-corrected chi connectivity index (χ1v) is 10.2. The van der Waals surface area contributed by atoms with Crippen molar-refractivity contribution in [2.24, 2.45) is 5.10 Å². The van der Waals surface area contributed by atoms with E-state index >= 15 is 0 Å². The van der Waals surface area contributed by atoms with E-state index in [0.717, 1.165) is 21.4 Å². The van der Waals surface area contributed by atoms with Crippen LogP contribution in [-0.2, 0) is 0 Å². The highest BCUT2D eigenvalue weighted by Gasteiger charge is 2.16. The van der Waals surface area contributed by atoms with Gasteiger partial charge in [0, 0.05) is 15.1 Å². The van der Waals surface area contributed by atoms with Crippen molar-refractivity contribution in [2.75, 3.05) is 0 Å². The van der Waals surface area contributed by atoms with Crippen LogP contribution in [0.15, 0.2) is 77.9 Å². The van der Waals surface area contributed by atoms with Crippen LogP contribution in [0, 0.1) is 0 Å². The van der Waals surface area contributed by atoms with Crippen LogP contribution in [0.5, 0.6) is 11.5 Å². The quantitative estimate of drug-likeness (QED) is 0.275. The van der Waals surface area contributed by atoms with E-state index in [2.05, 4.69) is 10.5 Å². The minimum atomic E-state index is -0.375. The van der Waals surface area contributed by atoms with E-state index in [1.165, 1.54) is 11.3 Å². The molecule has 144 valence electrons. The topological polar surface area (TPSA) is 50.7 Å². The summed E-state index contributed by atoms with van der Waals surface area (Å²) in [5.74, 6) is 1.05. The lowest BCUT2D eigenvalue weighted by Crippen LogP contribution is -2.16. The van der Waals surface area contributed by atoms with E-state index in [9.17, 15) is 4.79 Å².